The Hall–Kier alpha value is -1.95. The molecular weight excluding hydrogens is 371 g/mol. The van der Waals surface area contributed by atoms with Crippen molar-refractivity contribution in [1.82, 2.24) is 15.0 Å². The van der Waals surface area contributed by atoms with E-state index in [1.165, 1.54) is 0 Å². The van der Waals surface area contributed by atoms with Crippen molar-refractivity contribution in [2.45, 2.75) is 25.6 Å². The number of hydrogen-bond acceptors (Lipinski definition) is 5. The Balaban J connectivity index is 1.33. The van der Waals surface area contributed by atoms with E-state index < -0.39 is 0 Å². The standard InChI is InChI=1S/C19H18Cl2N4O/c20-15-2-1-13(11-16(15)21)12-26-14-5-9-25(10-6-14)18-4-3-17-19(24-18)23-8-7-22-17/h1-4,7-8,11,14H,5-6,9-10,12H2. The Morgan fingerprint density at radius 2 is 1.81 bits per heavy atom. The minimum absolute atomic E-state index is 0.237. The summed E-state index contributed by atoms with van der Waals surface area (Å²) in [6.45, 7) is 2.36. The second kappa shape index (κ2) is 7.74. The molecule has 2 aromatic heterocycles. The van der Waals surface area contributed by atoms with Gasteiger partial charge in [-0.25, -0.2) is 9.97 Å². The van der Waals surface area contributed by atoms with Gasteiger partial charge >= 0.3 is 0 Å². The largest absolute Gasteiger partial charge is 0.373 e. The molecule has 26 heavy (non-hydrogen) atoms. The van der Waals surface area contributed by atoms with Gasteiger partial charge in [0.15, 0.2) is 5.65 Å². The summed E-state index contributed by atoms with van der Waals surface area (Å²) in [5.41, 5.74) is 2.54. The summed E-state index contributed by atoms with van der Waals surface area (Å²) < 4.78 is 6.05. The predicted molar refractivity (Wildman–Crippen MR) is 104 cm³/mol. The molecule has 134 valence electrons. The van der Waals surface area contributed by atoms with E-state index >= 15 is 0 Å². The van der Waals surface area contributed by atoms with Crippen molar-refractivity contribution in [2.75, 3.05) is 18.0 Å². The minimum Gasteiger partial charge on any atom is -0.373 e. The Labute approximate surface area is 161 Å². The molecule has 0 N–H and O–H groups in total. The average Bonchev–Trinajstić information content (AvgIpc) is 2.69. The molecule has 0 bridgehead atoms. The lowest BCUT2D eigenvalue weighted by atomic mass is 10.1. The maximum Gasteiger partial charge on any atom is 0.180 e. The zero-order valence-electron chi connectivity index (χ0n) is 14.1. The van der Waals surface area contributed by atoms with Crippen molar-refractivity contribution in [3.05, 3.63) is 58.3 Å². The zero-order valence-corrected chi connectivity index (χ0v) is 15.6. The number of pyridine rings is 1. The van der Waals surface area contributed by atoms with E-state index in [9.17, 15) is 0 Å². The van der Waals surface area contributed by atoms with Crippen LogP contribution in [0.25, 0.3) is 11.2 Å². The van der Waals surface area contributed by atoms with Crippen LogP contribution in [0.1, 0.15) is 18.4 Å². The number of aromatic nitrogens is 3. The van der Waals surface area contributed by atoms with Gasteiger partial charge in [-0.15, -0.1) is 0 Å². The van der Waals surface area contributed by atoms with Crippen molar-refractivity contribution in [3.63, 3.8) is 0 Å². The number of benzene rings is 1. The van der Waals surface area contributed by atoms with Crippen LogP contribution in [0.15, 0.2) is 42.7 Å². The fourth-order valence-electron chi connectivity index (χ4n) is 3.12. The van der Waals surface area contributed by atoms with Crippen LogP contribution in [-0.4, -0.2) is 34.1 Å². The zero-order chi connectivity index (χ0) is 17.9. The van der Waals surface area contributed by atoms with Crippen molar-refractivity contribution in [2.24, 2.45) is 0 Å². The molecule has 0 amide bonds. The summed E-state index contributed by atoms with van der Waals surface area (Å²) in [4.78, 5) is 15.4. The summed E-state index contributed by atoms with van der Waals surface area (Å²) in [6, 6.07) is 9.59. The Morgan fingerprint density at radius 1 is 1.00 bits per heavy atom. The number of nitrogens with zero attached hydrogens (tertiary/aromatic N) is 4. The molecule has 0 atom stereocenters. The highest BCUT2D eigenvalue weighted by atomic mass is 35.5. The van der Waals surface area contributed by atoms with Gasteiger partial charge in [0.25, 0.3) is 0 Å². The number of halogens is 2. The molecule has 0 unspecified atom stereocenters. The highest BCUT2D eigenvalue weighted by molar-refractivity contribution is 6.42. The molecule has 1 aliphatic heterocycles. The molecule has 7 heteroatoms. The van der Waals surface area contributed by atoms with E-state index in [0.717, 1.165) is 42.8 Å². The topological polar surface area (TPSA) is 51.1 Å². The van der Waals surface area contributed by atoms with Crippen molar-refractivity contribution >= 4 is 40.2 Å². The maximum absolute atomic E-state index is 6.05. The smallest absolute Gasteiger partial charge is 0.180 e. The normalized spacial score (nSPS) is 15.5. The number of piperidine rings is 1. The lowest BCUT2D eigenvalue weighted by Gasteiger charge is -2.32. The first-order valence-corrected chi connectivity index (χ1v) is 9.33. The summed E-state index contributed by atoms with van der Waals surface area (Å²) in [6.07, 6.45) is 5.51. The molecule has 3 heterocycles. The van der Waals surface area contributed by atoms with Crippen LogP contribution in [0.5, 0.6) is 0 Å². The van der Waals surface area contributed by atoms with Gasteiger partial charge in [0, 0.05) is 25.5 Å². The molecule has 1 aromatic carbocycles. The van der Waals surface area contributed by atoms with Gasteiger partial charge in [-0.1, -0.05) is 29.3 Å². The van der Waals surface area contributed by atoms with Crippen LogP contribution in [0, 0.1) is 0 Å². The number of ether oxygens (including phenoxy) is 1. The molecule has 1 saturated heterocycles. The first-order valence-electron chi connectivity index (χ1n) is 8.57. The predicted octanol–water partition coefficient (Wildman–Crippen LogP) is 4.52. The summed E-state index contributed by atoms with van der Waals surface area (Å²) >= 11 is 12.0. The summed E-state index contributed by atoms with van der Waals surface area (Å²) in [5, 5.41) is 1.13. The van der Waals surface area contributed by atoms with E-state index in [0.29, 0.717) is 22.3 Å². The summed E-state index contributed by atoms with van der Waals surface area (Å²) in [5.74, 6) is 0.945. The van der Waals surface area contributed by atoms with Gasteiger partial charge in [-0.05, 0) is 42.7 Å². The van der Waals surface area contributed by atoms with Gasteiger partial charge in [-0.3, -0.25) is 4.98 Å². The monoisotopic (exact) mass is 388 g/mol. The van der Waals surface area contributed by atoms with E-state index in [1.807, 2.05) is 24.3 Å². The molecular formula is C19H18Cl2N4O. The van der Waals surface area contributed by atoms with Crippen LogP contribution in [0.2, 0.25) is 10.0 Å². The third-order valence-corrected chi connectivity index (χ3v) is 5.29. The van der Waals surface area contributed by atoms with E-state index in [1.54, 1.807) is 18.5 Å². The molecule has 5 nitrogen and oxygen atoms in total. The number of rotatable bonds is 4. The lowest BCUT2D eigenvalue weighted by Crippen LogP contribution is -2.37. The Bertz CT molecular complexity index is 913. The second-order valence-corrected chi connectivity index (χ2v) is 7.13. The molecule has 0 aliphatic carbocycles. The van der Waals surface area contributed by atoms with Crippen molar-refractivity contribution < 1.29 is 4.74 Å². The van der Waals surface area contributed by atoms with E-state index in [4.69, 9.17) is 27.9 Å². The van der Waals surface area contributed by atoms with Gasteiger partial charge in [-0.2, -0.15) is 0 Å². The molecule has 0 saturated carbocycles. The third-order valence-electron chi connectivity index (χ3n) is 4.55. The number of anilines is 1. The Kier molecular flexibility index (Phi) is 5.20. The SMILES string of the molecule is Clc1ccc(COC2CCN(c3ccc4nccnc4n3)CC2)cc1Cl. The van der Waals surface area contributed by atoms with Gasteiger partial charge in [0.05, 0.1) is 22.8 Å². The van der Waals surface area contributed by atoms with E-state index in [-0.39, 0.29) is 6.10 Å². The Morgan fingerprint density at radius 3 is 2.62 bits per heavy atom. The highest BCUT2D eigenvalue weighted by Crippen LogP contribution is 2.25. The third kappa shape index (κ3) is 3.90. The average molecular weight is 389 g/mol. The molecule has 4 rings (SSSR count). The molecule has 0 radical (unpaired) electrons. The first kappa shape index (κ1) is 17.5. The van der Waals surface area contributed by atoms with Crippen molar-refractivity contribution in [1.29, 1.82) is 0 Å². The molecule has 1 aliphatic rings. The second-order valence-electron chi connectivity index (χ2n) is 6.31. The van der Waals surface area contributed by atoms with Gasteiger partial charge in [0.1, 0.15) is 11.3 Å². The quantitative estimate of drug-likeness (QED) is 0.657. The van der Waals surface area contributed by atoms with E-state index in [2.05, 4.69) is 19.9 Å². The summed E-state index contributed by atoms with van der Waals surface area (Å²) in [7, 11) is 0. The molecule has 3 aromatic rings. The number of hydrogen-bond donors (Lipinski definition) is 0. The van der Waals surface area contributed by atoms with Crippen LogP contribution in [0.3, 0.4) is 0 Å². The van der Waals surface area contributed by atoms with Crippen molar-refractivity contribution in [3.8, 4) is 0 Å². The lowest BCUT2D eigenvalue weighted by molar-refractivity contribution is 0.0250. The highest BCUT2D eigenvalue weighted by Gasteiger charge is 2.21. The van der Waals surface area contributed by atoms with Gasteiger partial charge < -0.3 is 9.64 Å². The van der Waals surface area contributed by atoms with Crippen LogP contribution in [0.4, 0.5) is 5.82 Å². The van der Waals surface area contributed by atoms with Gasteiger partial charge in [0.2, 0.25) is 0 Å². The minimum atomic E-state index is 0.237. The first-order chi connectivity index (χ1) is 12.7. The van der Waals surface area contributed by atoms with Crippen LogP contribution >= 0.6 is 23.2 Å². The van der Waals surface area contributed by atoms with Crippen LogP contribution < -0.4 is 4.90 Å². The maximum atomic E-state index is 6.05. The fraction of sp³-hybridized carbons (Fsp3) is 0.316. The van der Waals surface area contributed by atoms with Crippen LogP contribution in [-0.2, 0) is 11.3 Å². The molecule has 1 fully saturated rings. The number of fused-ring (bicyclic) bond motifs is 1. The fourth-order valence-corrected chi connectivity index (χ4v) is 3.44. The molecule has 0 spiro atoms.